The molecule has 6 nitrogen and oxygen atoms in total. The second kappa shape index (κ2) is 4.41. The molecule has 0 spiro atoms. The van der Waals surface area contributed by atoms with Crippen LogP contribution in [0.1, 0.15) is 0 Å². The van der Waals surface area contributed by atoms with Gasteiger partial charge >= 0.3 is 0 Å². The zero-order chi connectivity index (χ0) is 13.2. The molecule has 0 aliphatic carbocycles. The van der Waals surface area contributed by atoms with Crippen molar-refractivity contribution in [1.29, 1.82) is 0 Å². The lowest BCUT2D eigenvalue weighted by atomic mass is 10.2. The van der Waals surface area contributed by atoms with Crippen LogP contribution in [-0.2, 0) is 0 Å². The average molecular weight is 255 g/mol. The van der Waals surface area contributed by atoms with E-state index >= 15 is 0 Å². The molecule has 3 aromatic rings. The van der Waals surface area contributed by atoms with Crippen molar-refractivity contribution in [2.75, 3.05) is 5.32 Å². The van der Waals surface area contributed by atoms with Crippen LogP contribution < -0.4 is 5.32 Å². The largest absolute Gasteiger partial charge is 0.464 e. The normalized spacial score (nSPS) is 10.5. The molecule has 3 rings (SSSR count). The molecule has 0 radical (unpaired) electrons. The highest BCUT2D eigenvalue weighted by atomic mass is 16.6. The third-order valence-corrected chi connectivity index (χ3v) is 2.72. The van der Waals surface area contributed by atoms with Gasteiger partial charge in [0.2, 0.25) is 0 Å². The molecule has 0 bridgehead atoms. The molecular weight excluding hydrogens is 246 g/mol. The van der Waals surface area contributed by atoms with Crippen molar-refractivity contribution in [2.45, 2.75) is 0 Å². The first-order chi connectivity index (χ1) is 9.24. The summed E-state index contributed by atoms with van der Waals surface area (Å²) < 4.78 is 5.28. The number of fused-ring (bicyclic) bond motifs is 1. The molecule has 94 valence electrons. The van der Waals surface area contributed by atoms with E-state index in [1.165, 1.54) is 12.1 Å². The molecule has 1 aromatic carbocycles. The minimum absolute atomic E-state index is 0.0556. The summed E-state index contributed by atoms with van der Waals surface area (Å²) in [6.07, 6.45) is 3.23. The summed E-state index contributed by atoms with van der Waals surface area (Å²) in [5.41, 5.74) is 1.52. The van der Waals surface area contributed by atoms with Crippen molar-refractivity contribution in [2.24, 2.45) is 0 Å². The topological polar surface area (TPSA) is 81.2 Å². The number of anilines is 2. The zero-order valence-electron chi connectivity index (χ0n) is 9.74. The van der Waals surface area contributed by atoms with Crippen molar-refractivity contribution < 1.29 is 9.34 Å². The number of nitrogens with zero attached hydrogens (tertiary/aromatic N) is 2. The predicted molar refractivity (Wildman–Crippen MR) is 70.4 cm³/mol. The highest BCUT2D eigenvalue weighted by Gasteiger charge is 2.07. The summed E-state index contributed by atoms with van der Waals surface area (Å²) in [5, 5.41) is 14.5. The molecular formula is C13H9N3O3. The van der Waals surface area contributed by atoms with Crippen LogP contribution in [-0.4, -0.2) is 9.91 Å². The van der Waals surface area contributed by atoms with E-state index in [1.807, 2.05) is 6.07 Å². The number of nitro groups is 1. The molecule has 0 saturated carbocycles. The van der Waals surface area contributed by atoms with Crippen LogP contribution in [0, 0.1) is 10.1 Å². The summed E-state index contributed by atoms with van der Waals surface area (Å²) in [6, 6.07) is 9.75. The predicted octanol–water partition coefficient (Wildman–Crippen LogP) is 3.48. The Hall–Kier alpha value is -2.89. The van der Waals surface area contributed by atoms with E-state index in [4.69, 9.17) is 4.42 Å². The van der Waals surface area contributed by atoms with E-state index < -0.39 is 4.92 Å². The maximum absolute atomic E-state index is 10.6. The standard InChI is InChI=1S/C13H9N3O3/c17-16(18)10-3-1-9(2-4-10)15-13-11-6-8-19-12(11)5-7-14-13/h1-8H,(H,14,15). The first-order valence-corrected chi connectivity index (χ1v) is 5.58. The lowest BCUT2D eigenvalue weighted by Crippen LogP contribution is -1.94. The van der Waals surface area contributed by atoms with Gasteiger partial charge in [-0.15, -0.1) is 0 Å². The maximum Gasteiger partial charge on any atom is 0.269 e. The monoisotopic (exact) mass is 255 g/mol. The Kier molecular flexibility index (Phi) is 2.60. The molecule has 0 atom stereocenters. The van der Waals surface area contributed by atoms with E-state index in [-0.39, 0.29) is 5.69 Å². The molecule has 0 fully saturated rings. The molecule has 1 N–H and O–H groups in total. The number of non-ortho nitro benzene ring substituents is 1. The molecule has 0 unspecified atom stereocenters. The van der Waals surface area contributed by atoms with Gasteiger partial charge in [-0.1, -0.05) is 0 Å². The number of rotatable bonds is 3. The van der Waals surface area contributed by atoms with Crippen molar-refractivity contribution >= 4 is 28.2 Å². The maximum atomic E-state index is 10.6. The molecule has 6 heteroatoms. The smallest absolute Gasteiger partial charge is 0.269 e. The van der Waals surface area contributed by atoms with Crippen LogP contribution in [0.25, 0.3) is 11.0 Å². The summed E-state index contributed by atoms with van der Waals surface area (Å²) in [6.45, 7) is 0. The highest BCUT2D eigenvalue weighted by Crippen LogP contribution is 2.25. The number of nitro benzene ring substituents is 1. The summed E-state index contributed by atoms with van der Waals surface area (Å²) in [5.74, 6) is 0.653. The van der Waals surface area contributed by atoms with Crippen molar-refractivity contribution in [1.82, 2.24) is 4.98 Å². The van der Waals surface area contributed by atoms with Crippen molar-refractivity contribution in [3.05, 3.63) is 59.0 Å². The van der Waals surface area contributed by atoms with Crippen molar-refractivity contribution in [3.63, 3.8) is 0 Å². The third kappa shape index (κ3) is 2.11. The van der Waals surface area contributed by atoms with Gasteiger partial charge in [-0.25, -0.2) is 4.98 Å². The van der Waals surface area contributed by atoms with E-state index in [0.29, 0.717) is 5.82 Å². The van der Waals surface area contributed by atoms with Gasteiger partial charge in [0, 0.05) is 24.0 Å². The SMILES string of the molecule is O=[N+]([O-])c1ccc(Nc2nccc3occc23)cc1. The number of hydrogen-bond donors (Lipinski definition) is 1. The zero-order valence-corrected chi connectivity index (χ0v) is 9.74. The summed E-state index contributed by atoms with van der Waals surface area (Å²) in [4.78, 5) is 14.4. The first kappa shape index (κ1) is 11.2. The lowest BCUT2D eigenvalue weighted by Gasteiger charge is -2.05. The number of aromatic nitrogens is 1. The van der Waals surface area contributed by atoms with E-state index in [9.17, 15) is 10.1 Å². The van der Waals surface area contributed by atoms with Crippen LogP contribution in [0.5, 0.6) is 0 Å². The Morgan fingerprint density at radius 1 is 1.16 bits per heavy atom. The van der Waals surface area contributed by atoms with Gasteiger partial charge in [-0.05, 0) is 24.3 Å². The van der Waals surface area contributed by atoms with Crippen LogP contribution >= 0.6 is 0 Å². The Morgan fingerprint density at radius 2 is 1.95 bits per heavy atom. The summed E-state index contributed by atoms with van der Waals surface area (Å²) >= 11 is 0. The number of hydrogen-bond acceptors (Lipinski definition) is 5. The van der Waals surface area contributed by atoms with Gasteiger partial charge < -0.3 is 9.73 Å². The van der Waals surface area contributed by atoms with E-state index in [0.717, 1.165) is 16.7 Å². The molecule has 19 heavy (non-hydrogen) atoms. The van der Waals surface area contributed by atoms with Crippen LogP contribution in [0.2, 0.25) is 0 Å². The van der Waals surface area contributed by atoms with Crippen LogP contribution in [0.15, 0.2) is 53.3 Å². The van der Waals surface area contributed by atoms with Gasteiger partial charge in [-0.2, -0.15) is 0 Å². The molecule has 2 aromatic heterocycles. The quantitative estimate of drug-likeness (QED) is 0.572. The van der Waals surface area contributed by atoms with Crippen molar-refractivity contribution in [3.8, 4) is 0 Å². The van der Waals surface area contributed by atoms with Gasteiger partial charge in [0.25, 0.3) is 5.69 Å². The van der Waals surface area contributed by atoms with Gasteiger partial charge in [0.05, 0.1) is 16.6 Å². The van der Waals surface area contributed by atoms with E-state index in [2.05, 4.69) is 10.3 Å². The van der Waals surface area contributed by atoms with Crippen LogP contribution in [0.4, 0.5) is 17.2 Å². The minimum Gasteiger partial charge on any atom is -0.464 e. The fourth-order valence-electron chi connectivity index (χ4n) is 1.80. The fraction of sp³-hybridized carbons (Fsp3) is 0. The molecule has 0 aliphatic heterocycles. The Balaban J connectivity index is 1.92. The van der Waals surface area contributed by atoms with Gasteiger partial charge in [-0.3, -0.25) is 10.1 Å². The number of benzene rings is 1. The number of pyridine rings is 1. The Bertz CT molecular complexity index is 734. The Labute approximate surface area is 107 Å². The molecule has 0 saturated heterocycles. The first-order valence-electron chi connectivity index (χ1n) is 5.58. The number of furan rings is 1. The van der Waals surface area contributed by atoms with E-state index in [1.54, 1.807) is 30.7 Å². The second-order valence-electron chi connectivity index (χ2n) is 3.92. The second-order valence-corrected chi connectivity index (χ2v) is 3.92. The minimum atomic E-state index is -0.432. The average Bonchev–Trinajstić information content (AvgIpc) is 2.89. The third-order valence-electron chi connectivity index (χ3n) is 2.72. The molecule has 0 amide bonds. The summed E-state index contributed by atoms with van der Waals surface area (Å²) in [7, 11) is 0. The van der Waals surface area contributed by atoms with Gasteiger partial charge in [0.1, 0.15) is 11.4 Å². The van der Waals surface area contributed by atoms with Gasteiger partial charge in [0.15, 0.2) is 0 Å². The fourth-order valence-corrected chi connectivity index (χ4v) is 1.80. The van der Waals surface area contributed by atoms with Crippen LogP contribution in [0.3, 0.4) is 0 Å². The molecule has 0 aliphatic rings. The highest BCUT2D eigenvalue weighted by molar-refractivity contribution is 5.89. The Morgan fingerprint density at radius 3 is 2.68 bits per heavy atom. The lowest BCUT2D eigenvalue weighted by molar-refractivity contribution is -0.384. The molecule has 2 heterocycles. The number of nitrogens with one attached hydrogen (secondary N) is 1.